The first-order valence-electron chi connectivity index (χ1n) is 11.8. The van der Waals surface area contributed by atoms with Gasteiger partial charge in [0.25, 0.3) is 0 Å². The van der Waals surface area contributed by atoms with Gasteiger partial charge in [-0.2, -0.15) is 5.10 Å². The van der Waals surface area contributed by atoms with Crippen LogP contribution < -0.4 is 10.6 Å². The van der Waals surface area contributed by atoms with Gasteiger partial charge >= 0.3 is 0 Å². The number of phenolic OH excluding ortho intramolecular Hbond substituents is 1. The highest BCUT2D eigenvalue weighted by Crippen LogP contribution is 2.35. The van der Waals surface area contributed by atoms with Crippen molar-refractivity contribution in [3.8, 4) is 39.5 Å². The van der Waals surface area contributed by atoms with Gasteiger partial charge in [-0.15, -0.1) is 0 Å². The number of pyridine rings is 1. The zero-order chi connectivity index (χ0) is 25.1. The van der Waals surface area contributed by atoms with Crippen molar-refractivity contribution in [2.24, 2.45) is 5.73 Å². The van der Waals surface area contributed by atoms with Crippen molar-refractivity contribution in [1.82, 2.24) is 30.1 Å². The van der Waals surface area contributed by atoms with Gasteiger partial charge in [0.15, 0.2) is 0 Å². The van der Waals surface area contributed by atoms with E-state index in [-0.39, 0.29) is 11.8 Å². The number of nitrogens with one attached hydrogen (secondary N) is 2. The molecule has 1 aliphatic heterocycles. The molecule has 4 aromatic heterocycles. The number of benzene rings is 2. The molecule has 0 atom stereocenters. The molecule has 0 radical (unpaired) electrons. The van der Waals surface area contributed by atoms with Crippen LogP contribution in [0, 0.1) is 5.82 Å². The van der Waals surface area contributed by atoms with Gasteiger partial charge in [-0.05, 0) is 35.9 Å². The Kier molecular flexibility index (Phi) is 4.70. The number of halogens is 1. The van der Waals surface area contributed by atoms with Gasteiger partial charge in [-0.1, -0.05) is 6.07 Å². The van der Waals surface area contributed by atoms with Crippen LogP contribution in [0.5, 0.6) is 5.75 Å². The number of aromatic hydroxyl groups is 1. The molecule has 5 heterocycles. The van der Waals surface area contributed by atoms with E-state index < -0.39 is 5.82 Å². The number of nitrogens with two attached hydrogens (primary N) is 1. The summed E-state index contributed by atoms with van der Waals surface area (Å²) in [7, 11) is 0. The van der Waals surface area contributed by atoms with Crippen molar-refractivity contribution in [3.63, 3.8) is 0 Å². The molecule has 6 aromatic rings. The van der Waals surface area contributed by atoms with Crippen molar-refractivity contribution in [3.05, 3.63) is 73.1 Å². The zero-order valence-corrected chi connectivity index (χ0v) is 19.5. The normalized spacial score (nSPS) is 13.9. The molecule has 1 fully saturated rings. The average Bonchev–Trinajstić information content (AvgIpc) is 3.49. The minimum atomic E-state index is -0.516. The van der Waals surface area contributed by atoms with E-state index >= 15 is 0 Å². The topological polar surface area (TPSA) is 133 Å². The summed E-state index contributed by atoms with van der Waals surface area (Å²) in [6, 6.07) is 12.1. The number of anilines is 1. The number of phenols is 1. The standard InChI is InChI=1S/C27H21FN8O/c28-16-3-15(4-18(37)6-16)21-8-30-10-25-19(21)7-23(32-25)27-20-5-14(1-2-22(20)34-35-27)24-9-31-11-26(33-24)36-12-17(29)13-36/h1-11,17,32,37H,12-13,29H2,(H,34,35). The van der Waals surface area contributed by atoms with E-state index in [0.717, 1.165) is 69.4 Å². The molecule has 182 valence electrons. The Hall–Kier alpha value is -4.83. The van der Waals surface area contributed by atoms with E-state index in [1.54, 1.807) is 24.8 Å². The van der Waals surface area contributed by atoms with Crippen molar-refractivity contribution >= 4 is 27.6 Å². The summed E-state index contributed by atoms with van der Waals surface area (Å²) in [5.74, 6) is 0.154. The molecule has 0 unspecified atom stereocenters. The number of hydrogen-bond donors (Lipinski definition) is 4. The van der Waals surface area contributed by atoms with E-state index in [1.165, 1.54) is 12.1 Å². The number of hydrogen-bond acceptors (Lipinski definition) is 7. The van der Waals surface area contributed by atoms with E-state index in [1.807, 2.05) is 24.3 Å². The minimum absolute atomic E-state index is 0.141. The SMILES string of the molecule is NC1CN(c2cncc(-c3ccc4[nH]nc(-c5cc6c(-c7cc(O)cc(F)c7)cncc6[nH]5)c4c3)n2)C1. The number of aromatic nitrogens is 6. The first-order valence-corrected chi connectivity index (χ1v) is 11.8. The van der Waals surface area contributed by atoms with E-state index in [2.05, 4.69) is 30.0 Å². The van der Waals surface area contributed by atoms with Crippen LogP contribution >= 0.6 is 0 Å². The fraction of sp³-hybridized carbons (Fsp3) is 0.111. The van der Waals surface area contributed by atoms with Crippen LogP contribution in [0.1, 0.15) is 0 Å². The quantitative estimate of drug-likeness (QED) is 0.290. The van der Waals surface area contributed by atoms with Crippen LogP contribution in [0.2, 0.25) is 0 Å². The Morgan fingerprint density at radius 1 is 0.919 bits per heavy atom. The third-order valence-corrected chi connectivity index (χ3v) is 6.71. The van der Waals surface area contributed by atoms with Gasteiger partial charge in [-0.25, -0.2) is 9.37 Å². The smallest absolute Gasteiger partial charge is 0.147 e. The lowest BCUT2D eigenvalue weighted by Gasteiger charge is -2.37. The van der Waals surface area contributed by atoms with Crippen LogP contribution in [-0.2, 0) is 0 Å². The molecule has 0 saturated carbocycles. The fourth-order valence-electron chi connectivity index (χ4n) is 4.86. The van der Waals surface area contributed by atoms with Gasteiger partial charge in [0.2, 0.25) is 0 Å². The molecule has 0 bridgehead atoms. The maximum Gasteiger partial charge on any atom is 0.147 e. The number of nitrogens with zero attached hydrogens (tertiary/aromatic N) is 5. The second kappa shape index (κ2) is 8.10. The van der Waals surface area contributed by atoms with E-state index in [4.69, 9.17) is 10.7 Å². The molecule has 9 nitrogen and oxygen atoms in total. The van der Waals surface area contributed by atoms with Gasteiger partial charge in [0.1, 0.15) is 23.1 Å². The highest BCUT2D eigenvalue weighted by molar-refractivity contribution is 6.01. The summed E-state index contributed by atoms with van der Waals surface area (Å²) >= 11 is 0. The number of aromatic amines is 2. The number of H-pyrrole nitrogens is 2. The zero-order valence-electron chi connectivity index (χ0n) is 19.5. The third kappa shape index (κ3) is 3.66. The molecular formula is C27H21FN8O. The molecular weight excluding hydrogens is 471 g/mol. The maximum atomic E-state index is 14.0. The summed E-state index contributed by atoms with van der Waals surface area (Å²) in [5, 5.41) is 19.3. The summed E-state index contributed by atoms with van der Waals surface area (Å²) < 4.78 is 14.0. The van der Waals surface area contributed by atoms with Crippen LogP contribution in [-0.4, -0.2) is 54.4 Å². The lowest BCUT2D eigenvalue weighted by atomic mass is 10.0. The molecule has 2 aromatic carbocycles. The van der Waals surface area contributed by atoms with Gasteiger partial charge in [0, 0.05) is 53.3 Å². The summed E-state index contributed by atoms with van der Waals surface area (Å²) in [5.41, 5.74) is 12.0. The molecule has 1 saturated heterocycles. The second-order valence-corrected chi connectivity index (χ2v) is 9.29. The molecule has 10 heteroatoms. The monoisotopic (exact) mass is 492 g/mol. The van der Waals surface area contributed by atoms with E-state index in [0.29, 0.717) is 11.1 Å². The Balaban J connectivity index is 1.31. The summed E-state index contributed by atoms with van der Waals surface area (Å²) in [4.78, 5) is 19.0. The third-order valence-electron chi connectivity index (χ3n) is 6.71. The molecule has 37 heavy (non-hydrogen) atoms. The first-order chi connectivity index (χ1) is 18.0. The van der Waals surface area contributed by atoms with Crippen LogP contribution in [0.25, 0.3) is 55.6 Å². The van der Waals surface area contributed by atoms with Crippen molar-refractivity contribution in [2.75, 3.05) is 18.0 Å². The molecule has 0 aliphatic carbocycles. The van der Waals surface area contributed by atoms with Crippen LogP contribution in [0.4, 0.5) is 10.2 Å². The van der Waals surface area contributed by atoms with Crippen LogP contribution in [0.15, 0.2) is 67.3 Å². The number of fused-ring (bicyclic) bond motifs is 2. The molecule has 7 rings (SSSR count). The fourth-order valence-corrected chi connectivity index (χ4v) is 4.86. The van der Waals surface area contributed by atoms with Crippen molar-refractivity contribution < 1.29 is 9.50 Å². The molecule has 1 aliphatic rings. The number of rotatable bonds is 4. The predicted octanol–water partition coefficient (Wildman–Crippen LogP) is 4.22. The predicted molar refractivity (Wildman–Crippen MR) is 139 cm³/mol. The second-order valence-electron chi connectivity index (χ2n) is 9.29. The molecule has 5 N–H and O–H groups in total. The summed E-state index contributed by atoms with van der Waals surface area (Å²) in [6.45, 7) is 1.55. The minimum Gasteiger partial charge on any atom is -0.508 e. The Labute approximate surface area is 209 Å². The van der Waals surface area contributed by atoms with Crippen LogP contribution in [0.3, 0.4) is 0 Å². The van der Waals surface area contributed by atoms with Gasteiger partial charge in [-0.3, -0.25) is 15.1 Å². The average molecular weight is 493 g/mol. The Morgan fingerprint density at radius 3 is 2.62 bits per heavy atom. The van der Waals surface area contributed by atoms with Gasteiger partial charge < -0.3 is 20.7 Å². The highest BCUT2D eigenvalue weighted by atomic mass is 19.1. The largest absolute Gasteiger partial charge is 0.508 e. The lowest BCUT2D eigenvalue weighted by Crippen LogP contribution is -2.56. The first kappa shape index (κ1) is 21.5. The molecule has 0 amide bonds. The van der Waals surface area contributed by atoms with Gasteiger partial charge in [0.05, 0.1) is 41.0 Å². The highest BCUT2D eigenvalue weighted by Gasteiger charge is 2.24. The lowest BCUT2D eigenvalue weighted by molar-refractivity contribution is 0.469. The van der Waals surface area contributed by atoms with Crippen molar-refractivity contribution in [2.45, 2.75) is 6.04 Å². The molecule has 0 spiro atoms. The maximum absolute atomic E-state index is 14.0. The Morgan fingerprint density at radius 2 is 1.78 bits per heavy atom. The Bertz CT molecular complexity index is 1780. The van der Waals surface area contributed by atoms with Crippen molar-refractivity contribution in [1.29, 1.82) is 0 Å². The summed E-state index contributed by atoms with van der Waals surface area (Å²) in [6.07, 6.45) is 6.88. The van der Waals surface area contributed by atoms with E-state index in [9.17, 15) is 9.50 Å².